The van der Waals surface area contributed by atoms with Gasteiger partial charge in [0, 0.05) is 30.8 Å². The highest BCUT2D eigenvalue weighted by Crippen LogP contribution is 2.19. The van der Waals surface area contributed by atoms with Crippen LogP contribution < -0.4 is 5.73 Å². The molecule has 1 amide bonds. The van der Waals surface area contributed by atoms with Crippen molar-refractivity contribution in [2.45, 2.75) is 12.5 Å². The lowest BCUT2D eigenvalue weighted by Gasteiger charge is -2.15. The molecular formula is C11H12FN3O3. The highest BCUT2D eigenvalue weighted by Gasteiger charge is 2.26. The number of hydrogen-bond acceptors (Lipinski definition) is 4. The van der Waals surface area contributed by atoms with Crippen molar-refractivity contribution in [2.75, 3.05) is 13.1 Å². The van der Waals surface area contributed by atoms with Crippen molar-refractivity contribution in [3.63, 3.8) is 0 Å². The van der Waals surface area contributed by atoms with Crippen LogP contribution in [0.2, 0.25) is 0 Å². The summed E-state index contributed by atoms with van der Waals surface area (Å²) < 4.78 is 13.2. The monoisotopic (exact) mass is 253 g/mol. The van der Waals surface area contributed by atoms with Gasteiger partial charge in [0.05, 0.1) is 11.0 Å². The van der Waals surface area contributed by atoms with E-state index in [0.717, 1.165) is 18.2 Å². The molecule has 0 bridgehead atoms. The molecule has 1 saturated heterocycles. The molecule has 1 atom stereocenters. The number of nitro groups is 1. The summed E-state index contributed by atoms with van der Waals surface area (Å²) in [6.45, 7) is 0.882. The quantitative estimate of drug-likeness (QED) is 0.626. The Morgan fingerprint density at radius 2 is 2.22 bits per heavy atom. The molecule has 1 aromatic carbocycles. The Bertz CT molecular complexity index is 506. The molecule has 1 fully saturated rings. The molecule has 0 spiro atoms. The van der Waals surface area contributed by atoms with Gasteiger partial charge in [-0.1, -0.05) is 0 Å². The number of nitrogens with zero attached hydrogens (tertiary/aromatic N) is 2. The zero-order valence-electron chi connectivity index (χ0n) is 9.51. The smallest absolute Gasteiger partial charge is 0.273 e. The minimum absolute atomic E-state index is 0.0178. The fraction of sp³-hybridized carbons (Fsp3) is 0.364. The Morgan fingerprint density at radius 1 is 1.50 bits per heavy atom. The van der Waals surface area contributed by atoms with Crippen LogP contribution in [-0.4, -0.2) is 34.9 Å². The average molecular weight is 253 g/mol. The average Bonchev–Trinajstić information content (AvgIpc) is 2.74. The van der Waals surface area contributed by atoms with E-state index in [1.165, 1.54) is 4.90 Å². The Kier molecular flexibility index (Phi) is 3.24. The number of non-ortho nitro benzene ring substituents is 1. The minimum Gasteiger partial charge on any atom is -0.337 e. The molecule has 1 unspecified atom stereocenters. The van der Waals surface area contributed by atoms with E-state index < -0.39 is 22.3 Å². The maximum atomic E-state index is 13.2. The van der Waals surface area contributed by atoms with Gasteiger partial charge in [-0.3, -0.25) is 14.9 Å². The van der Waals surface area contributed by atoms with Gasteiger partial charge in [-0.15, -0.1) is 0 Å². The van der Waals surface area contributed by atoms with Crippen LogP contribution >= 0.6 is 0 Å². The Balaban J connectivity index is 2.27. The van der Waals surface area contributed by atoms with E-state index in [-0.39, 0.29) is 11.6 Å². The molecule has 0 aromatic heterocycles. The molecule has 0 aliphatic carbocycles. The molecule has 96 valence electrons. The summed E-state index contributed by atoms with van der Waals surface area (Å²) >= 11 is 0. The van der Waals surface area contributed by atoms with E-state index in [1.54, 1.807) is 0 Å². The van der Waals surface area contributed by atoms with Crippen molar-refractivity contribution in [3.05, 3.63) is 39.7 Å². The van der Waals surface area contributed by atoms with E-state index in [1.807, 2.05) is 0 Å². The van der Waals surface area contributed by atoms with Crippen LogP contribution in [0, 0.1) is 15.9 Å². The fourth-order valence-electron chi connectivity index (χ4n) is 1.96. The first-order valence-corrected chi connectivity index (χ1v) is 5.47. The topological polar surface area (TPSA) is 89.5 Å². The zero-order chi connectivity index (χ0) is 13.3. The van der Waals surface area contributed by atoms with Gasteiger partial charge in [0.15, 0.2) is 0 Å². The van der Waals surface area contributed by atoms with Crippen molar-refractivity contribution in [1.82, 2.24) is 4.90 Å². The van der Waals surface area contributed by atoms with Crippen molar-refractivity contribution < 1.29 is 14.1 Å². The molecular weight excluding hydrogens is 241 g/mol. The van der Waals surface area contributed by atoms with E-state index in [2.05, 4.69) is 0 Å². The second-order valence-corrected chi connectivity index (χ2v) is 4.26. The summed E-state index contributed by atoms with van der Waals surface area (Å²) in [6.07, 6.45) is 0.684. The summed E-state index contributed by atoms with van der Waals surface area (Å²) in [4.78, 5) is 23.3. The lowest BCUT2D eigenvalue weighted by Crippen LogP contribution is -2.31. The summed E-state index contributed by atoms with van der Waals surface area (Å²) in [5.41, 5.74) is 5.23. The maximum Gasteiger partial charge on any atom is 0.273 e. The molecule has 2 rings (SSSR count). The van der Waals surface area contributed by atoms with Gasteiger partial charge in [0.25, 0.3) is 11.6 Å². The molecule has 1 aliphatic heterocycles. The first kappa shape index (κ1) is 12.4. The van der Waals surface area contributed by atoms with E-state index in [9.17, 15) is 19.3 Å². The number of rotatable bonds is 2. The Hall–Kier alpha value is -2.02. The second kappa shape index (κ2) is 4.69. The Labute approximate surface area is 102 Å². The molecule has 7 heteroatoms. The summed E-state index contributed by atoms with van der Waals surface area (Å²) in [5.74, 6) is -1.22. The summed E-state index contributed by atoms with van der Waals surface area (Å²) in [7, 11) is 0. The molecule has 0 saturated carbocycles. The van der Waals surface area contributed by atoms with Crippen molar-refractivity contribution in [3.8, 4) is 0 Å². The van der Waals surface area contributed by atoms with Crippen molar-refractivity contribution in [1.29, 1.82) is 0 Å². The summed E-state index contributed by atoms with van der Waals surface area (Å²) in [5, 5.41) is 10.6. The van der Waals surface area contributed by atoms with Gasteiger partial charge in [-0.2, -0.15) is 0 Å². The third-order valence-corrected chi connectivity index (χ3v) is 2.85. The SMILES string of the molecule is NC1CCN(C(=O)c2cc(F)cc([N+](=O)[O-])c2)C1. The van der Waals surface area contributed by atoms with Crippen LogP contribution in [0.3, 0.4) is 0 Å². The normalized spacial score (nSPS) is 19.0. The largest absolute Gasteiger partial charge is 0.337 e. The van der Waals surface area contributed by atoms with Gasteiger partial charge < -0.3 is 10.6 Å². The van der Waals surface area contributed by atoms with Crippen molar-refractivity contribution in [2.24, 2.45) is 5.73 Å². The second-order valence-electron chi connectivity index (χ2n) is 4.26. The lowest BCUT2D eigenvalue weighted by atomic mass is 10.1. The highest BCUT2D eigenvalue weighted by molar-refractivity contribution is 5.95. The minimum atomic E-state index is -0.795. The number of benzene rings is 1. The van der Waals surface area contributed by atoms with E-state index in [0.29, 0.717) is 19.5 Å². The van der Waals surface area contributed by atoms with Crippen LogP contribution in [0.4, 0.5) is 10.1 Å². The van der Waals surface area contributed by atoms with Crippen molar-refractivity contribution >= 4 is 11.6 Å². The lowest BCUT2D eigenvalue weighted by molar-refractivity contribution is -0.385. The number of nitrogens with two attached hydrogens (primary N) is 1. The van der Waals surface area contributed by atoms with Gasteiger partial charge in [0.2, 0.25) is 0 Å². The van der Waals surface area contributed by atoms with Crippen LogP contribution in [0.1, 0.15) is 16.8 Å². The van der Waals surface area contributed by atoms with Crippen LogP contribution in [0.15, 0.2) is 18.2 Å². The molecule has 1 heterocycles. The van der Waals surface area contributed by atoms with Gasteiger partial charge in [-0.05, 0) is 12.5 Å². The third kappa shape index (κ3) is 2.45. The zero-order valence-corrected chi connectivity index (χ0v) is 9.51. The van der Waals surface area contributed by atoms with E-state index in [4.69, 9.17) is 5.73 Å². The number of amides is 1. The number of nitro benzene ring substituents is 1. The number of carbonyl (C=O) groups is 1. The molecule has 1 aliphatic rings. The third-order valence-electron chi connectivity index (χ3n) is 2.85. The Morgan fingerprint density at radius 3 is 2.78 bits per heavy atom. The number of carbonyl (C=O) groups excluding carboxylic acids is 1. The number of hydrogen-bond donors (Lipinski definition) is 1. The van der Waals surface area contributed by atoms with E-state index >= 15 is 0 Å². The summed E-state index contributed by atoms with van der Waals surface area (Å²) in [6, 6.07) is 2.78. The standard InChI is InChI=1S/C11H12FN3O3/c12-8-3-7(4-10(5-8)15(17)18)11(16)14-2-1-9(13)6-14/h3-5,9H,1-2,6,13H2. The molecule has 18 heavy (non-hydrogen) atoms. The van der Waals surface area contributed by atoms with Gasteiger partial charge in [0.1, 0.15) is 5.82 Å². The van der Waals surface area contributed by atoms with Crippen LogP contribution in [0.5, 0.6) is 0 Å². The predicted molar refractivity (Wildman–Crippen MR) is 61.6 cm³/mol. The molecule has 6 nitrogen and oxygen atoms in total. The van der Waals surface area contributed by atoms with Gasteiger partial charge in [-0.25, -0.2) is 4.39 Å². The van der Waals surface area contributed by atoms with Gasteiger partial charge >= 0.3 is 0 Å². The molecule has 1 aromatic rings. The predicted octanol–water partition coefficient (Wildman–Crippen LogP) is 0.907. The highest BCUT2D eigenvalue weighted by atomic mass is 19.1. The maximum absolute atomic E-state index is 13.2. The van der Waals surface area contributed by atoms with Crippen LogP contribution in [0.25, 0.3) is 0 Å². The number of halogens is 1. The number of likely N-dealkylation sites (tertiary alicyclic amines) is 1. The molecule has 0 radical (unpaired) electrons. The first-order chi connectivity index (χ1) is 8.47. The van der Waals surface area contributed by atoms with Crippen LogP contribution in [-0.2, 0) is 0 Å². The molecule has 2 N–H and O–H groups in total. The fourth-order valence-corrected chi connectivity index (χ4v) is 1.96. The first-order valence-electron chi connectivity index (χ1n) is 5.47.